The fourth-order valence-electron chi connectivity index (χ4n) is 2.70. The number of amides is 3. The summed E-state index contributed by atoms with van der Waals surface area (Å²) in [6.45, 7) is 6.83. The van der Waals surface area contributed by atoms with Crippen LogP contribution in [0.1, 0.15) is 44.0 Å². The predicted molar refractivity (Wildman–Crippen MR) is 91.7 cm³/mol. The van der Waals surface area contributed by atoms with Gasteiger partial charge in [-0.05, 0) is 58.4 Å². The van der Waals surface area contributed by atoms with Crippen LogP contribution in [0.4, 0.5) is 10.5 Å². The molecule has 2 rings (SSSR count). The van der Waals surface area contributed by atoms with Crippen molar-refractivity contribution >= 4 is 17.6 Å². The van der Waals surface area contributed by atoms with Crippen molar-refractivity contribution in [2.24, 2.45) is 0 Å². The molecule has 0 spiro atoms. The maximum absolute atomic E-state index is 12.4. The van der Waals surface area contributed by atoms with Gasteiger partial charge in [0.2, 0.25) is 0 Å². The molecule has 23 heavy (non-hydrogen) atoms. The summed E-state index contributed by atoms with van der Waals surface area (Å²) in [6.07, 6.45) is 1.87. The van der Waals surface area contributed by atoms with Crippen LogP contribution in [0.15, 0.2) is 24.3 Å². The Kier molecular flexibility index (Phi) is 5.98. The lowest BCUT2D eigenvalue weighted by Gasteiger charge is -2.28. The van der Waals surface area contributed by atoms with E-state index in [-0.39, 0.29) is 24.0 Å². The number of carbonyl (C=O) groups excluding carboxylic acids is 2. The minimum absolute atomic E-state index is 0.0587. The molecule has 6 heteroatoms. The summed E-state index contributed by atoms with van der Waals surface area (Å²) in [5, 5.41) is 11.9. The van der Waals surface area contributed by atoms with Crippen LogP contribution >= 0.6 is 0 Å². The van der Waals surface area contributed by atoms with E-state index < -0.39 is 0 Å². The number of nitrogens with one attached hydrogen (secondary N) is 4. The molecule has 0 bridgehead atoms. The fraction of sp³-hybridized carbons (Fsp3) is 0.529. The number of hydrogen-bond acceptors (Lipinski definition) is 3. The van der Waals surface area contributed by atoms with Gasteiger partial charge in [0.05, 0.1) is 0 Å². The van der Waals surface area contributed by atoms with Crippen LogP contribution in [0.25, 0.3) is 0 Å². The van der Waals surface area contributed by atoms with Crippen LogP contribution in [0.3, 0.4) is 0 Å². The molecule has 1 fully saturated rings. The van der Waals surface area contributed by atoms with E-state index in [2.05, 4.69) is 28.2 Å². The Bertz CT molecular complexity index is 559. The lowest BCUT2D eigenvalue weighted by Crippen LogP contribution is -2.46. The molecule has 1 aromatic rings. The summed E-state index contributed by atoms with van der Waals surface area (Å²) in [5.41, 5.74) is 1.16. The lowest BCUT2D eigenvalue weighted by atomic mass is 10.0. The van der Waals surface area contributed by atoms with E-state index in [9.17, 15) is 9.59 Å². The third kappa shape index (κ3) is 5.56. The van der Waals surface area contributed by atoms with Gasteiger partial charge in [-0.25, -0.2) is 4.79 Å². The maximum atomic E-state index is 12.4. The molecule has 0 saturated carbocycles. The van der Waals surface area contributed by atoms with Crippen molar-refractivity contribution < 1.29 is 9.59 Å². The van der Waals surface area contributed by atoms with E-state index >= 15 is 0 Å². The van der Waals surface area contributed by atoms with E-state index in [1.54, 1.807) is 24.3 Å². The molecule has 1 aliphatic rings. The number of rotatable bonds is 4. The highest BCUT2D eigenvalue weighted by atomic mass is 16.2. The molecule has 1 saturated heterocycles. The van der Waals surface area contributed by atoms with E-state index in [0.717, 1.165) is 19.4 Å². The van der Waals surface area contributed by atoms with Crippen LogP contribution < -0.4 is 21.3 Å². The first-order chi connectivity index (χ1) is 10.9. The van der Waals surface area contributed by atoms with E-state index in [1.165, 1.54) is 0 Å². The summed E-state index contributed by atoms with van der Waals surface area (Å²) in [7, 11) is 0. The summed E-state index contributed by atoms with van der Waals surface area (Å²) in [6, 6.07) is 7.38. The Balaban J connectivity index is 1.95. The molecular weight excluding hydrogens is 292 g/mol. The highest BCUT2D eigenvalue weighted by molar-refractivity contribution is 5.97. The standard InChI is InChI=1S/C17H26N4O2/c1-11(2)19-17(23)21-14-6-4-5-13(10-14)16(22)20-15-7-8-18-12(3)9-15/h4-6,10-12,15,18H,7-9H2,1-3H3,(H,20,22)(H2,19,21,23). The quantitative estimate of drug-likeness (QED) is 0.686. The molecule has 4 N–H and O–H groups in total. The zero-order valence-corrected chi connectivity index (χ0v) is 14.0. The molecule has 0 aromatic heterocycles. The molecule has 1 aromatic carbocycles. The summed E-state index contributed by atoms with van der Waals surface area (Å²) in [5.74, 6) is -0.1000. The Labute approximate surface area is 137 Å². The highest BCUT2D eigenvalue weighted by Gasteiger charge is 2.20. The Morgan fingerprint density at radius 2 is 2.09 bits per heavy atom. The van der Waals surface area contributed by atoms with Crippen molar-refractivity contribution in [3.05, 3.63) is 29.8 Å². The Morgan fingerprint density at radius 3 is 2.78 bits per heavy atom. The van der Waals surface area contributed by atoms with Crippen molar-refractivity contribution in [3.8, 4) is 0 Å². The molecule has 2 unspecified atom stereocenters. The lowest BCUT2D eigenvalue weighted by molar-refractivity contribution is 0.0925. The minimum Gasteiger partial charge on any atom is -0.349 e. The summed E-state index contributed by atoms with van der Waals surface area (Å²) >= 11 is 0. The van der Waals surface area contributed by atoms with Crippen molar-refractivity contribution in [2.45, 2.75) is 51.7 Å². The third-order valence-corrected chi connectivity index (χ3v) is 3.76. The van der Waals surface area contributed by atoms with E-state index in [0.29, 0.717) is 17.3 Å². The first kappa shape index (κ1) is 17.3. The second-order valence-electron chi connectivity index (χ2n) is 6.38. The van der Waals surface area contributed by atoms with Gasteiger partial charge < -0.3 is 21.3 Å². The van der Waals surface area contributed by atoms with E-state index in [4.69, 9.17) is 0 Å². The van der Waals surface area contributed by atoms with Crippen LogP contribution in [0.5, 0.6) is 0 Å². The van der Waals surface area contributed by atoms with Gasteiger partial charge in [-0.15, -0.1) is 0 Å². The van der Waals surface area contributed by atoms with Crippen molar-refractivity contribution in [2.75, 3.05) is 11.9 Å². The molecule has 6 nitrogen and oxygen atoms in total. The maximum Gasteiger partial charge on any atom is 0.319 e. The molecular formula is C17H26N4O2. The van der Waals surface area contributed by atoms with Gasteiger partial charge in [0.25, 0.3) is 5.91 Å². The van der Waals surface area contributed by atoms with Gasteiger partial charge in [0.15, 0.2) is 0 Å². The van der Waals surface area contributed by atoms with Gasteiger partial charge in [0.1, 0.15) is 0 Å². The average molecular weight is 318 g/mol. The second-order valence-corrected chi connectivity index (χ2v) is 6.38. The number of carbonyl (C=O) groups is 2. The molecule has 0 aliphatic carbocycles. The Hall–Kier alpha value is -2.08. The smallest absolute Gasteiger partial charge is 0.319 e. The largest absolute Gasteiger partial charge is 0.349 e. The minimum atomic E-state index is -0.273. The number of anilines is 1. The molecule has 126 valence electrons. The molecule has 2 atom stereocenters. The molecule has 0 radical (unpaired) electrons. The highest BCUT2D eigenvalue weighted by Crippen LogP contribution is 2.13. The Morgan fingerprint density at radius 1 is 1.30 bits per heavy atom. The second kappa shape index (κ2) is 7.97. The van der Waals surface area contributed by atoms with Crippen molar-refractivity contribution in [1.82, 2.24) is 16.0 Å². The van der Waals surface area contributed by atoms with Crippen LogP contribution in [-0.4, -0.2) is 36.6 Å². The number of benzene rings is 1. The monoisotopic (exact) mass is 318 g/mol. The first-order valence-corrected chi connectivity index (χ1v) is 8.16. The van der Waals surface area contributed by atoms with Crippen molar-refractivity contribution in [1.29, 1.82) is 0 Å². The zero-order chi connectivity index (χ0) is 16.8. The predicted octanol–water partition coefficient (Wildman–Crippen LogP) is 2.09. The summed E-state index contributed by atoms with van der Waals surface area (Å²) < 4.78 is 0. The number of piperidine rings is 1. The molecule has 3 amide bonds. The van der Waals surface area contributed by atoms with Gasteiger partial charge in [0, 0.05) is 29.4 Å². The normalized spacial score (nSPS) is 20.9. The van der Waals surface area contributed by atoms with Crippen LogP contribution in [0, 0.1) is 0 Å². The van der Waals surface area contributed by atoms with Gasteiger partial charge in [-0.3, -0.25) is 4.79 Å². The number of hydrogen-bond donors (Lipinski definition) is 4. The van der Waals surface area contributed by atoms with Gasteiger partial charge >= 0.3 is 6.03 Å². The number of urea groups is 1. The topological polar surface area (TPSA) is 82.3 Å². The van der Waals surface area contributed by atoms with Crippen LogP contribution in [-0.2, 0) is 0 Å². The summed E-state index contributed by atoms with van der Waals surface area (Å²) in [4.78, 5) is 24.1. The third-order valence-electron chi connectivity index (χ3n) is 3.76. The first-order valence-electron chi connectivity index (χ1n) is 8.16. The molecule has 1 aliphatic heterocycles. The van der Waals surface area contributed by atoms with E-state index in [1.807, 2.05) is 13.8 Å². The van der Waals surface area contributed by atoms with Crippen molar-refractivity contribution in [3.63, 3.8) is 0 Å². The van der Waals surface area contributed by atoms with Crippen LogP contribution in [0.2, 0.25) is 0 Å². The van der Waals surface area contributed by atoms with Gasteiger partial charge in [-0.2, -0.15) is 0 Å². The average Bonchev–Trinajstić information content (AvgIpc) is 2.46. The fourth-order valence-corrected chi connectivity index (χ4v) is 2.70. The zero-order valence-electron chi connectivity index (χ0n) is 14.0. The SMILES string of the molecule is CC(C)NC(=O)Nc1cccc(C(=O)NC2CCNC(C)C2)c1. The van der Waals surface area contributed by atoms with Gasteiger partial charge in [-0.1, -0.05) is 6.07 Å². The molecule has 1 heterocycles.